The molecule has 1 aromatic heterocycles. The van der Waals surface area contributed by atoms with Crippen LogP contribution >= 0.6 is 0 Å². The van der Waals surface area contributed by atoms with Crippen LogP contribution in [0.3, 0.4) is 0 Å². The molecule has 2 aliphatic rings. The van der Waals surface area contributed by atoms with Gasteiger partial charge >= 0.3 is 12.2 Å². The first-order valence-corrected chi connectivity index (χ1v) is 10.0. The Morgan fingerprint density at radius 2 is 1.94 bits per heavy atom. The molecule has 4 rings (SSSR count). The minimum absolute atomic E-state index is 0.0260. The van der Waals surface area contributed by atoms with Crippen molar-refractivity contribution in [3.63, 3.8) is 0 Å². The highest BCUT2D eigenvalue weighted by atomic mass is 19.4. The van der Waals surface area contributed by atoms with Gasteiger partial charge in [-0.15, -0.1) is 0 Å². The summed E-state index contributed by atoms with van der Waals surface area (Å²) in [4.78, 5) is 26.5. The van der Waals surface area contributed by atoms with Crippen molar-refractivity contribution in [3.05, 3.63) is 47.9 Å². The Morgan fingerprint density at radius 3 is 2.55 bits per heavy atom. The first-order valence-electron chi connectivity index (χ1n) is 10.0. The average Bonchev–Trinajstić information content (AvgIpc) is 3.18. The highest BCUT2D eigenvalue weighted by Gasteiger charge is 2.38. The van der Waals surface area contributed by atoms with Gasteiger partial charge in [0, 0.05) is 30.8 Å². The second-order valence-corrected chi connectivity index (χ2v) is 7.73. The van der Waals surface area contributed by atoms with E-state index in [4.69, 9.17) is 9.15 Å². The summed E-state index contributed by atoms with van der Waals surface area (Å²) >= 11 is 0. The Balaban J connectivity index is 1.51. The van der Waals surface area contributed by atoms with Crippen LogP contribution in [-0.4, -0.2) is 42.6 Å². The van der Waals surface area contributed by atoms with Gasteiger partial charge in [0.2, 0.25) is 0 Å². The van der Waals surface area contributed by atoms with Gasteiger partial charge < -0.3 is 24.7 Å². The van der Waals surface area contributed by atoms with E-state index in [-0.39, 0.29) is 29.1 Å². The summed E-state index contributed by atoms with van der Waals surface area (Å²) in [5.41, 5.74) is -1.46. The molecule has 2 heterocycles. The number of carbonyl (C=O) groups excluding carboxylic acids is 2. The molecule has 0 radical (unpaired) electrons. The lowest BCUT2D eigenvalue weighted by atomic mass is 10.1. The predicted molar refractivity (Wildman–Crippen MR) is 106 cm³/mol. The summed E-state index contributed by atoms with van der Waals surface area (Å²) in [5.74, 6) is -0.511. The molecule has 1 aliphatic carbocycles. The fourth-order valence-corrected chi connectivity index (χ4v) is 3.54. The number of carbonyl (C=O) groups is 2. The molecule has 2 aromatic rings. The number of furan rings is 1. The molecule has 1 saturated heterocycles. The number of hydrogen-bond donors (Lipinski definition) is 2. The van der Waals surface area contributed by atoms with Crippen LogP contribution in [0.5, 0.6) is 0 Å². The number of nitrogens with one attached hydrogen (secondary N) is 2. The lowest BCUT2D eigenvalue weighted by Gasteiger charge is -2.26. The minimum atomic E-state index is -4.72. The molecular weight excluding hydrogens is 415 g/mol. The third kappa shape index (κ3) is 5.19. The van der Waals surface area contributed by atoms with Gasteiger partial charge in [-0.3, -0.25) is 4.79 Å². The van der Waals surface area contributed by atoms with Crippen molar-refractivity contribution in [2.24, 2.45) is 5.92 Å². The third-order valence-electron chi connectivity index (χ3n) is 5.30. The van der Waals surface area contributed by atoms with Crippen molar-refractivity contribution in [2.45, 2.75) is 31.5 Å². The predicted octanol–water partition coefficient (Wildman–Crippen LogP) is 4.58. The molecule has 3 amide bonds. The SMILES string of the molecule is O=C(Nc1ccc(NC(=O)N(CC2CCOC2)C2CC2)c(C(F)(F)F)c1)c1ccco1. The molecule has 1 aliphatic heterocycles. The Kier molecular flexibility index (Phi) is 5.90. The van der Waals surface area contributed by atoms with Crippen LogP contribution in [0.1, 0.15) is 35.4 Å². The van der Waals surface area contributed by atoms with E-state index in [1.54, 1.807) is 4.90 Å². The van der Waals surface area contributed by atoms with Crippen molar-refractivity contribution in [3.8, 4) is 0 Å². The van der Waals surface area contributed by atoms with Gasteiger partial charge in [-0.1, -0.05) is 0 Å². The maximum absolute atomic E-state index is 13.7. The third-order valence-corrected chi connectivity index (χ3v) is 5.30. The maximum atomic E-state index is 13.7. The zero-order valence-corrected chi connectivity index (χ0v) is 16.6. The van der Waals surface area contributed by atoms with E-state index >= 15 is 0 Å². The van der Waals surface area contributed by atoms with Gasteiger partial charge in [0.05, 0.1) is 24.1 Å². The highest BCUT2D eigenvalue weighted by molar-refractivity contribution is 6.02. The summed E-state index contributed by atoms with van der Waals surface area (Å²) in [6.07, 6.45) is -0.931. The van der Waals surface area contributed by atoms with Crippen LogP contribution in [-0.2, 0) is 10.9 Å². The molecule has 1 aromatic carbocycles. The number of amides is 3. The number of hydrogen-bond acceptors (Lipinski definition) is 4. The molecule has 31 heavy (non-hydrogen) atoms. The second-order valence-electron chi connectivity index (χ2n) is 7.73. The number of urea groups is 1. The number of nitrogens with zero attached hydrogens (tertiary/aromatic N) is 1. The van der Waals surface area contributed by atoms with Crippen LogP contribution < -0.4 is 10.6 Å². The molecule has 1 saturated carbocycles. The smallest absolute Gasteiger partial charge is 0.418 e. The molecule has 10 heteroatoms. The van der Waals surface area contributed by atoms with Crippen LogP contribution in [0.15, 0.2) is 41.0 Å². The van der Waals surface area contributed by atoms with Gasteiger partial charge in [-0.25, -0.2) is 4.79 Å². The molecule has 0 bridgehead atoms. The summed E-state index contributed by atoms with van der Waals surface area (Å²) in [6, 6.07) is 5.62. The van der Waals surface area contributed by atoms with Gasteiger partial charge in [0.25, 0.3) is 5.91 Å². The molecule has 0 spiro atoms. The Labute approximate surface area is 176 Å². The minimum Gasteiger partial charge on any atom is -0.459 e. The van der Waals surface area contributed by atoms with E-state index in [0.717, 1.165) is 31.4 Å². The first kappa shape index (κ1) is 21.2. The lowest BCUT2D eigenvalue weighted by molar-refractivity contribution is -0.136. The topological polar surface area (TPSA) is 83.8 Å². The van der Waals surface area contributed by atoms with Crippen LogP contribution in [0, 0.1) is 5.92 Å². The first-order chi connectivity index (χ1) is 14.8. The maximum Gasteiger partial charge on any atom is 0.418 e. The van der Waals surface area contributed by atoms with Crippen molar-refractivity contribution in [1.82, 2.24) is 4.90 Å². The summed E-state index contributed by atoms with van der Waals surface area (Å²) < 4.78 is 51.3. The van der Waals surface area contributed by atoms with Gasteiger partial charge in [0.1, 0.15) is 0 Å². The van der Waals surface area contributed by atoms with Gasteiger partial charge in [-0.05, 0) is 49.6 Å². The molecule has 7 nitrogen and oxygen atoms in total. The summed E-state index contributed by atoms with van der Waals surface area (Å²) in [6.45, 7) is 1.64. The van der Waals surface area contributed by atoms with E-state index in [0.29, 0.717) is 19.8 Å². The number of alkyl halides is 3. The second kappa shape index (κ2) is 8.62. The molecule has 1 unspecified atom stereocenters. The van der Waals surface area contributed by atoms with Crippen LogP contribution in [0.2, 0.25) is 0 Å². The van der Waals surface area contributed by atoms with Crippen molar-refractivity contribution in [2.75, 3.05) is 30.4 Å². The fraction of sp³-hybridized carbons (Fsp3) is 0.429. The monoisotopic (exact) mass is 437 g/mol. The van der Waals surface area contributed by atoms with E-state index in [1.807, 2.05) is 0 Å². The molecule has 1 atom stereocenters. The van der Waals surface area contributed by atoms with Crippen LogP contribution in [0.4, 0.5) is 29.3 Å². The van der Waals surface area contributed by atoms with Crippen molar-refractivity contribution >= 4 is 23.3 Å². The fourth-order valence-electron chi connectivity index (χ4n) is 3.54. The Bertz CT molecular complexity index is 936. The van der Waals surface area contributed by atoms with E-state index < -0.39 is 23.7 Å². The molecule has 2 fully saturated rings. The number of rotatable bonds is 6. The Morgan fingerprint density at radius 1 is 1.13 bits per heavy atom. The van der Waals surface area contributed by atoms with Gasteiger partial charge in [0.15, 0.2) is 5.76 Å². The average molecular weight is 437 g/mol. The number of ether oxygens (including phenoxy) is 1. The molecule has 166 valence electrons. The summed E-state index contributed by atoms with van der Waals surface area (Å²) in [7, 11) is 0. The largest absolute Gasteiger partial charge is 0.459 e. The zero-order chi connectivity index (χ0) is 22.0. The molecular formula is C21H22F3N3O4. The van der Waals surface area contributed by atoms with Crippen molar-refractivity contribution in [1.29, 1.82) is 0 Å². The highest BCUT2D eigenvalue weighted by Crippen LogP contribution is 2.37. The molecule has 2 N–H and O–H groups in total. The number of benzene rings is 1. The van der Waals surface area contributed by atoms with E-state index in [2.05, 4.69) is 10.6 Å². The quantitative estimate of drug-likeness (QED) is 0.693. The standard InChI is InChI=1S/C21H22F3N3O4/c22-21(23,24)16-10-14(25-19(28)18-2-1-8-31-18)3-6-17(16)26-20(29)27(15-4-5-15)11-13-7-9-30-12-13/h1-3,6,8,10,13,15H,4-5,7,9,11-12H2,(H,25,28)(H,26,29). The lowest BCUT2D eigenvalue weighted by Crippen LogP contribution is -2.40. The Hall–Kier alpha value is -3.01. The zero-order valence-electron chi connectivity index (χ0n) is 16.6. The van der Waals surface area contributed by atoms with E-state index in [1.165, 1.54) is 24.5 Å². The van der Waals surface area contributed by atoms with E-state index in [9.17, 15) is 22.8 Å². The normalized spacial score (nSPS) is 18.6. The van der Waals surface area contributed by atoms with Crippen molar-refractivity contribution < 1.29 is 31.9 Å². The van der Waals surface area contributed by atoms with Gasteiger partial charge in [-0.2, -0.15) is 13.2 Å². The number of anilines is 2. The van der Waals surface area contributed by atoms with Crippen LogP contribution in [0.25, 0.3) is 0 Å². The number of halogens is 3. The summed E-state index contributed by atoms with van der Waals surface area (Å²) in [5, 5.41) is 4.78.